The minimum Gasteiger partial charge on any atom is -0.492 e. The van der Waals surface area contributed by atoms with E-state index in [1.165, 1.54) is 24.8 Å². The molecule has 0 aromatic heterocycles. The van der Waals surface area contributed by atoms with Crippen molar-refractivity contribution in [1.29, 1.82) is 0 Å². The molecule has 1 aliphatic heterocycles. The van der Waals surface area contributed by atoms with Gasteiger partial charge in [-0.25, -0.2) is 0 Å². The maximum absolute atomic E-state index is 5.87. The van der Waals surface area contributed by atoms with Crippen LogP contribution in [0.2, 0.25) is 0 Å². The fraction of sp³-hybridized carbons (Fsp3) is 0.696. The lowest BCUT2D eigenvalue weighted by Gasteiger charge is -2.26. The second kappa shape index (κ2) is 13.4. The van der Waals surface area contributed by atoms with Gasteiger partial charge in [-0.1, -0.05) is 26.0 Å². The van der Waals surface area contributed by atoms with Gasteiger partial charge in [0.2, 0.25) is 0 Å². The lowest BCUT2D eigenvalue weighted by molar-refractivity contribution is 0.0625. The van der Waals surface area contributed by atoms with E-state index in [4.69, 9.17) is 9.47 Å². The standard InChI is InChI=1S/C23H40N4O2/c1-5-27(6-2)15-18-29-22-9-7-21(8-10-22)19-25-23(24-3)26(4)14-11-20-12-16-28-17-13-20/h7-10,20H,5-6,11-19H2,1-4H3,(H,24,25). The fourth-order valence-corrected chi connectivity index (χ4v) is 3.62. The van der Waals surface area contributed by atoms with E-state index < -0.39 is 0 Å². The molecule has 0 bridgehead atoms. The van der Waals surface area contributed by atoms with Crippen molar-refractivity contribution in [3.05, 3.63) is 29.8 Å². The molecule has 0 spiro atoms. The summed E-state index contributed by atoms with van der Waals surface area (Å²) >= 11 is 0. The van der Waals surface area contributed by atoms with Gasteiger partial charge >= 0.3 is 0 Å². The molecule has 1 aromatic rings. The van der Waals surface area contributed by atoms with Gasteiger partial charge in [-0.15, -0.1) is 0 Å². The summed E-state index contributed by atoms with van der Waals surface area (Å²) in [5.41, 5.74) is 1.22. The van der Waals surface area contributed by atoms with Gasteiger partial charge in [-0.05, 0) is 56.0 Å². The summed E-state index contributed by atoms with van der Waals surface area (Å²) in [5, 5.41) is 3.47. The van der Waals surface area contributed by atoms with Gasteiger partial charge in [0.05, 0.1) is 0 Å². The Hall–Kier alpha value is -1.79. The summed E-state index contributed by atoms with van der Waals surface area (Å²) in [5.74, 6) is 2.65. The molecule has 0 unspecified atom stereocenters. The first kappa shape index (κ1) is 23.5. The smallest absolute Gasteiger partial charge is 0.193 e. The highest BCUT2D eigenvalue weighted by molar-refractivity contribution is 5.79. The first-order valence-corrected chi connectivity index (χ1v) is 11.1. The van der Waals surface area contributed by atoms with Crippen LogP contribution in [0.3, 0.4) is 0 Å². The Bertz CT molecular complexity index is 581. The zero-order valence-corrected chi connectivity index (χ0v) is 18.8. The second-order valence-corrected chi connectivity index (χ2v) is 7.69. The summed E-state index contributed by atoms with van der Waals surface area (Å²) < 4.78 is 11.3. The zero-order valence-electron chi connectivity index (χ0n) is 18.8. The Balaban J connectivity index is 1.71. The Kier molecular flexibility index (Phi) is 10.9. The van der Waals surface area contributed by atoms with Crippen molar-refractivity contribution >= 4 is 5.96 Å². The Labute approximate surface area is 177 Å². The van der Waals surface area contributed by atoms with E-state index in [0.717, 1.165) is 70.2 Å². The molecule has 6 nitrogen and oxygen atoms in total. The molecule has 0 saturated carbocycles. The number of benzene rings is 1. The van der Waals surface area contributed by atoms with E-state index in [1.54, 1.807) is 0 Å². The van der Waals surface area contributed by atoms with Crippen molar-refractivity contribution in [2.24, 2.45) is 10.9 Å². The number of rotatable bonds is 11. The lowest BCUT2D eigenvalue weighted by Crippen LogP contribution is -2.39. The topological polar surface area (TPSA) is 49.3 Å². The molecule has 0 amide bonds. The van der Waals surface area contributed by atoms with Crippen LogP contribution >= 0.6 is 0 Å². The third-order valence-corrected chi connectivity index (χ3v) is 5.73. The fourth-order valence-electron chi connectivity index (χ4n) is 3.62. The molecule has 0 radical (unpaired) electrons. The van der Waals surface area contributed by atoms with Crippen LogP contribution in [-0.2, 0) is 11.3 Å². The highest BCUT2D eigenvalue weighted by Crippen LogP contribution is 2.18. The summed E-state index contributed by atoms with van der Waals surface area (Å²) in [6.07, 6.45) is 3.56. The van der Waals surface area contributed by atoms with Crippen LogP contribution in [0.5, 0.6) is 5.75 Å². The van der Waals surface area contributed by atoms with Gasteiger partial charge in [-0.3, -0.25) is 4.99 Å². The number of guanidine groups is 1. The molecular weight excluding hydrogens is 364 g/mol. The van der Waals surface area contributed by atoms with Gasteiger partial charge in [-0.2, -0.15) is 0 Å². The Morgan fingerprint density at radius 2 is 1.83 bits per heavy atom. The van der Waals surface area contributed by atoms with Crippen LogP contribution in [0.25, 0.3) is 0 Å². The van der Waals surface area contributed by atoms with Gasteiger partial charge in [0.1, 0.15) is 12.4 Å². The summed E-state index contributed by atoms with van der Waals surface area (Å²) in [4.78, 5) is 9.02. The number of hydrogen-bond acceptors (Lipinski definition) is 4. The minimum absolute atomic E-state index is 0.726. The number of nitrogens with one attached hydrogen (secondary N) is 1. The summed E-state index contributed by atoms with van der Waals surface area (Å²) in [6, 6.07) is 8.35. The van der Waals surface area contributed by atoms with E-state index in [9.17, 15) is 0 Å². The number of hydrogen-bond donors (Lipinski definition) is 1. The SMILES string of the molecule is CCN(CC)CCOc1ccc(CNC(=NC)N(C)CCC2CCOCC2)cc1. The number of likely N-dealkylation sites (N-methyl/N-ethyl adjacent to an activating group) is 1. The van der Waals surface area contributed by atoms with Crippen molar-refractivity contribution in [3.63, 3.8) is 0 Å². The molecule has 1 heterocycles. The molecule has 1 N–H and O–H groups in total. The van der Waals surface area contributed by atoms with Crippen LogP contribution in [0.4, 0.5) is 0 Å². The average molecular weight is 405 g/mol. The third kappa shape index (κ3) is 8.62. The minimum atomic E-state index is 0.726. The van der Waals surface area contributed by atoms with Gasteiger partial charge < -0.3 is 24.6 Å². The quantitative estimate of drug-likeness (QED) is 0.453. The lowest BCUT2D eigenvalue weighted by atomic mass is 9.96. The molecule has 6 heteroatoms. The predicted octanol–water partition coefficient (Wildman–Crippen LogP) is 3.23. The molecule has 29 heavy (non-hydrogen) atoms. The molecular formula is C23H40N4O2. The number of aliphatic imine (C=N–C) groups is 1. The molecule has 0 aliphatic carbocycles. The van der Waals surface area contributed by atoms with Crippen molar-refractivity contribution < 1.29 is 9.47 Å². The highest BCUT2D eigenvalue weighted by atomic mass is 16.5. The average Bonchev–Trinajstić information content (AvgIpc) is 2.77. The summed E-state index contributed by atoms with van der Waals surface area (Å²) in [7, 11) is 3.96. The van der Waals surface area contributed by atoms with Crippen LogP contribution in [-0.4, -0.2) is 75.9 Å². The molecule has 1 aliphatic rings. The van der Waals surface area contributed by atoms with E-state index in [-0.39, 0.29) is 0 Å². The normalized spacial score (nSPS) is 15.6. The number of ether oxygens (including phenoxy) is 2. The van der Waals surface area contributed by atoms with Crippen LogP contribution < -0.4 is 10.1 Å². The molecule has 164 valence electrons. The van der Waals surface area contributed by atoms with E-state index in [1.807, 2.05) is 7.05 Å². The molecule has 2 rings (SSSR count). The van der Waals surface area contributed by atoms with Crippen molar-refractivity contribution in [2.45, 2.75) is 39.7 Å². The maximum atomic E-state index is 5.87. The Morgan fingerprint density at radius 3 is 2.45 bits per heavy atom. The highest BCUT2D eigenvalue weighted by Gasteiger charge is 2.15. The second-order valence-electron chi connectivity index (χ2n) is 7.69. The monoisotopic (exact) mass is 404 g/mol. The first-order valence-electron chi connectivity index (χ1n) is 11.1. The molecule has 1 saturated heterocycles. The maximum Gasteiger partial charge on any atom is 0.193 e. The first-order chi connectivity index (χ1) is 14.2. The van der Waals surface area contributed by atoms with Crippen LogP contribution in [0.1, 0.15) is 38.7 Å². The van der Waals surface area contributed by atoms with E-state index >= 15 is 0 Å². The van der Waals surface area contributed by atoms with Gasteiger partial charge in [0.25, 0.3) is 0 Å². The number of nitrogens with zero attached hydrogens (tertiary/aromatic N) is 3. The van der Waals surface area contributed by atoms with Crippen molar-refractivity contribution in [1.82, 2.24) is 15.1 Å². The van der Waals surface area contributed by atoms with Crippen molar-refractivity contribution in [2.75, 3.05) is 60.1 Å². The van der Waals surface area contributed by atoms with Crippen LogP contribution in [0, 0.1) is 5.92 Å². The van der Waals surface area contributed by atoms with E-state index in [2.05, 4.69) is 65.3 Å². The van der Waals surface area contributed by atoms with Crippen molar-refractivity contribution in [3.8, 4) is 5.75 Å². The van der Waals surface area contributed by atoms with Crippen LogP contribution in [0.15, 0.2) is 29.3 Å². The molecule has 1 fully saturated rings. The Morgan fingerprint density at radius 1 is 1.14 bits per heavy atom. The predicted molar refractivity (Wildman–Crippen MR) is 121 cm³/mol. The van der Waals surface area contributed by atoms with Gasteiger partial charge in [0, 0.05) is 46.9 Å². The van der Waals surface area contributed by atoms with Gasteiger partial charge in [0.15, 0.2) is 5.96 Å². The largest absolute Gasteiger partial charge is 0.492 e. The summed E-state index contributed by atoms with van der Waals surface area (Å²) in [6.45, 7) is 11.8. The zero-order chi connectivity index (χ0) is 20.9. The van der Waals surface area contributed by atoms with E-state index in [0.29, 0.717) is 0 Å². The molecule has 1 aromatic carbocycles. The molecule has 0 atom stereocenters. The third-order valence-electron chi connectivity index (χ3n) is 5.73.